The van der Waals surface area contributed by atoms with Crippen LogP contribution in [0.25, 0.3) is 0 Å². The van der Waals surface area contributed by atoms with Crippen LogP contribution in [-0.2, 0) is 32.3 Å². The second-order valence-corrected chi connectivity index (χ2v) is 15.1. The van der Waals surface area contributed by atoms with Crippen molar-refractivity contribution in [3.8, 4) is 5.75 Å². The van der Waals surface area contributed by atoms with Crippen LogP contribution in [0.4, 0.5) is 5.69 Å². The number of carbonyl (C=O) groups excluding carboxylic acids is 1. The maximum atomic E-state index is 13.3. The quantitative estimate of drug-likeness (QED) is 0.355. The molecule has 4 aliphatic rings. The Morgan fingerprint density at radius 2 is 1.96 bits per heavy atom. The molecule has 7 nitrogen and oxygen atoms in total. The number of carbonyl (C=O) groups is 1. The van der Waals surface area contributed by atoms with Crippen LogP contribution in [0.3, 0.4) is 0 Å². The number of aryl methyl sites for hydroxylation is 1. The van der Waals surface area contributed by atoms with Crippen molar-refractivity contribution in [1.82, 2.24) is 4.72 Å². The molecule has 246 valence electrons. The molecule has 1 N–H and O–H groups in total. The van der Waals surface area contributed by atoms with Crippen molar-refractivity contribution in [3.05, 3.63) is 70.3 Å². The molecule has 7 atom stereocenters. The Morgan fingerprint density at radius 1 is 1.16 bits per heavy atom. The Balaban J connectivity index is 0.000000945. The smallest absolute Gasteiger partial charge is 0.263 e. The molecule has 1 spiro atoms. The molecule has 1 amide bonds. The molecule has 45 heavy (non-hydrogen) atoms. The van der Waals surface area contributed by atoms with Crippen LogP contribution < -0.4 is 14.4 Å². The van der Waals surface area contributed by atoms with Gasteiger partial charge in [0.15, 0.2) is 0 Å². The molecular formula is C36H49ClN2O5S. The lowest BCUT2D eigenvalue weighted by atomic mass is 9.68. The number of hydrogen-bond donors (Lipinski definition) is 1. The summed E-state index contributed by atoms with van der Waals surface area (Å²) in [4.78, 5) is 15.8. The molecule has 6 unspecified atom stereocenters. The standard InChI is InChI=1S/C33H41ClN2O4S.C3H8O/c1-21-6-4-8-30(39-3)27-12-9-25(27)18-36-19-33(15-5-7-23-16-26(34)11-13-28(23)33)20-40-31-14-10-24(17-29(31)36)32(37)35-41(38)22(21)2;1-3-4-2/h4,8,10-11,13-14,16-17,21-22,25,27,30H,5-7,9,12,15,18-20H2,1-3H3,(H,35,37);3H2,1-2H3/b8-4+;/t21?,22?,25?,27?,30?,33-,41?;/m0./s1. The van der Waals surface area contributed by atoms with Gasteiger partial charge in [0.05, 0.1) is 23.6 Å². The van der Waals surface area contributed by atoms with E-state index in [4.69, 9.17) is 21.1 Å². The Morgan fingerprint density at radius 3 is 2.67 bits per heavy atom. The molecular weight excluding hydrogens is 608 g/mol. The highest BCUT2D eigenvalue weighted by molar-refractivity contribution is 7.84. The van der Waals surface area contributed by atoms with Gasteiger partial charge in [-0.2, -0.15) is 0 Å². The van der Waals surface area contributed by atoms with Crippen LogP contribution in [0.15, 0.2) is 48.6 Å². The van der Waals surface area contributed by atoms with Gasteiger partial charge in [0, 0.05) is 49.9 Å². The third-order valence-corrected chi connectivity index (χ3v) is 12.1. The monoisotopic (exact) mass is 656 g/mol. The van der Waals surface area contributed by atoms with Crippen molar-refractivity contribution in [1.29, 1.82) is 0 Å². The maximum absolute atomic E-state index is 13.3. The molecule has 0 radical (unpaired) electrons. The Labute approximate surface area is 276 Å². The van der Waals surface area contributed by atoms with Gasteiger partial charge in [-0.1, -0.05) is 36.7 Å². The van der Waals surface area contributed by atoms with Crippen molar-refractivity contribution >= 4 is 34.2 Å². The molecule has 1 fully saturated rings. The predicted octanol–water partition coefficient (Wildman–Crippen LogP) is 6.89. The number of anilines is 1. The minimum Gasteiger partial charge on any atom is -0.490 e. The fraction of sp³-hybridized carbons (Fsp3) is 0.583. The largest absolute Gasteiger partial charge is 0.490 e. The zero-order valence-corrected chi connectivity index (χ0v) is 28.9. The predicted molar refractivity (Wildman–Crippen MR) is 183 cm³/mol. The fourth-order valence-corrected chi connectivity index (χ4v) is 8.48. The van der Waals surface area contributed by atoms with Crippen molar-refractivity contribution < 1.29 is 23.2 Å². The van der Waals surface area contributed by atoms with Gasteiger partial charge in [-0.3, -0.25) is 9.52 Å². The molecule has 2 aliphatic carbocycles. The third-order valence-electron chi connectivity index (χ3n) is 10.4. The van der Waals surface area contributed by atoms with Crippen LogP contribution in [0, 0.1) is 17.8 Å². The molecule has 2 aromatic rings. The number of fused-ring (bicyclic) bond motifs is 4. The number of amides is 1. The summed E-state index contributed by atoms with van der Waals surface area (Å²) in [6, 6.07) is 12.0. The third kappa shape index (κ3) is 7.45. The first-order valence-corrected chi connectivity index (χ1v) is 18.0. The van der Waals surface area contributed by atoms with Gasteiger partial charge < -0.3 is 19.1 Å². The summed E-state index contributed by atoms with van der Waals surface area (Å²) in [7, 11) is 1.99. The number of rotatable bonds is 2. The van der Waals surface area contributed by atoms with Crippen molar-refractivity contribution in [2.75, 3.05) is 45.4 Å². The van der Waals surface area contributed by atoms with Crippen LogP contribution in [0.1, 0.15) is 74.4 Å². The van der Waals surface area contributed by atoms with Gasteiger partial charge in [-0.25, -0.2) is 4.21 Å². The number of ether oxygens (including phenoxy) is 3. The maximum Gasteiger partial charge on any atom is 0.263 e. The topological polar surface area (TPSA) is 77.1 Å². The van der Waals surface area contributed by atoms with Crippen LogP contribution in [0.5, 0.6) is 5.75 Å². The Kier molecular flexibility index (Phi) is 11.3. The molecule has 2 aromatic carbocycles. The minimum atomic E-state index is -1.50. The highest BCUT2D eigenvalue weighted by Crippen LogP contribution is 2.47. The number of methoxy groups -OCH3 is 2. The summed E-state index contributed by atoms with van der Waals surface area (Å²) in [6.45, 7) is 9.05. The molecule has 0 aromatic heterocycles. The van der Waals surface area contributed by atoms with Crippen LogP contribution in [0.2, 0.25) is 5.02 Å². The first-order valence-electron chi connectivity index (χ1n) is 16.4. The average Bonchev–Trinajstić information content (AvgIpc) is 3.18. The first-order chi connectivity index (χ1) is 21.7. The van der Waals surface area contributed by atoms with E-state index < -0.39 is 11.0 Å². The van der Waals surface area contributed by atoms with Crippen molar-refractivity contribution in [2.45, 2.75) is 76.1 Å². The van der Waals surface area contributed by atoms with Gasteiger partial charge in [0.2, 0.25) is 0 Å². The van der Waals surface area contributed by atoms with Gasteiger partial charge in [-0.05, 0) is 112 Å². The van der Waals surface area contributed by atoms with E-state index in [1.165, 1.54) is 11.1 Å². The van der Waals surface area contributed by atoms with Gasteiger partial charge in [0.1, 0.15) is 16.7 Å². The van der Waals surface area contributed by atoms with Gasteiger partial charge >= 0.3 is 0 Å². The molecule has 2 heterocycles. The molecule has 0 saturated heterocycles. The number of nitrogens with one attached hydrogen (secondary N) is 1. The van der Waals surface area contributed by atoms with Crippen LogP contribution in [-0.4, -0.2) is 62.0 Å². The summed E-state index contributed by atoms with van der Waals surface area (Å²) in [6.07, 6.45) is 10.6. The highest BCUT2D eigenvalue weighted by atomic mass is 35.5. The SMILES string of the molecule is CCOC.COC1/C=C/CC(C)C(C)S(=O)NC(=O)c2ccc3c(c2)N(CC2CCC21)C[C@@]1(CCCc2cc(Cl)ccc21)CO3. The Bertz CT molecular complexity index is 1400. The van der Waals surface area contributed by atoms with E-state index in [0.717, 1.165) is 74.7 Å². The lowest BCUT2D eigenvalue weighted by Crippen LogP contribution is -2.49. The van der Waals surface area contributed by atoms with Gasteiger partial charge in [0.25, 0.3) is 5.91 Å². The van der Waals surface area contributed by atoms with E-state index in [-0.39, 0.29) is 28.6 Å². The Hall–Kier alpha value is -2.39. The normalized spacial score (nSPS) is 32.0. The number of allylic oxidation sites excluding steroid dienone is 1. The van der Waals surface area contributed by atoms with E-state index in [1.807, 2.05) is 32.0 Å². The van der Waals surface area contributed by atoms with Crippen molar-refractivity contribution in [3.63, 3.8) is 0 Å². The summed E-state index contributed by atoms with van der Waals surface area (Å²) < 4.78 is 33.1. The van der Waals surface area contributed by atoms with E-state index >= 15 is 0 Å². The average molecular weight is 657 g/mol. The number of benzene rings is 2. The molecule has 1 saturated carbocycles. The second kappa shape index (κ2) is 15.0. The number of halogens is 1. The van der Waals surface area contributed by atoms with Crippen molar-refractivity contribution in [2.24, 2.45) is 17.8 Å². The molecule has 2 aliphatic heterocycles. The second-order valence-electron chi connectivity index (χ2n) is 13.1. The number of hydrogen-bond acceptors (Lipinski definition) is 6. The van der Waals surface area contributed by atoms with E-state index in [0.29, 0.717) is 24.0 Å². The molecule has 6 rings (SSSR count). The first kappa shape index (κ1) is 34.0. The van der Waals surface area contributed by atoms with E-state index in [1.54, 1.807) is 20.3 Å². The molecule has 2 bridgehead atoms. The zero-order chi connectivity index (χ0) is 32.1. The zero-order valence-electron chi connectivity index (χ0n) is 27.4. The number of nitrogens with zero attached hydrogens (tertiary/aromatic N) is 1. The highest BCUT2D eigenvalue weighted by Gasteiger charge is 2.44. The summed E-state index contributed by atoms with van der Waals surface area (Å²) in [5.74, 6) is 1.53. The summed E-state index contributed by atoms with van der Waals surface area (Å²) >= 11 is 6.41. The fourth-order valence-electron chi connectivity index (χ4n) is 7.26. The van der Waals surface area contributed by atoms with E-state index in [9.17, 15) is 9.00 Å². The lowest BCUT2D eigenvalue weighted by Gasteiger charge is -2.46. The summed E-state index contributed by atoms with van der Waals surface area (Å²) in [5, 5.41) is 0.589. The molecule has 9 heteroatoms. The summed E-state index contributed by atoms with van der Waals surface area (Å²) in [5.41, 5.74) is 3.90. The minimum absolute atomic E-state index is 0.0508. The lowest BCUT2D eigenvalue weighted by molar-refractivity contribution is 0.0131. The van der Waals surface area contributed by atoms with Crippen LogP contribution >= 0.6 is 11.6 Å². The van der Waals surface area contributed by atoms with Gasteiger partial charge in [-0.15, -0.1) is 0 Å². The van der Waals surface area contributed by atoms with E-state index in [2.05, 4.69) is 45.6 Å².